The van der Waals surface area contributed by atoms with Crippen molar-refractivity contribution in [3.05, 3.63) is 21.8 Å². The van der Waals surface area contributed by atoms with Crippen molar-refractivity contribution in [1.29, 1.82) is 0 Å². The molecule has 0 atom stereocenters. The Morgan fingerprint density at radius 3 is 2.64 bits per heavy atom. The van der Waals surface area contributed by atoms with Crippen LogP contribution in [0.2, 0.25) is 5.02 Å². The number of nitrogens with zero attached hydrogens (tertiary/aromatic N) is 1. The smallest absolute Gasteiger partial charge is 0.145 e. The van der Waals surface area contributed by atoms with E-state index < -0.39 is 0 Å². The molecule has 0 aliphatic carbocycles. The van der Waals surface area contributed by atoms with Crippen LogP contribution in [-0.4, -0.2) is 11.0 Å². The summed E-state index contributed by atoms with van der Waals surface area (Å²) in [6.45, 7) is 4.29. The molecule has 0 spiro atoms. The Bertz CT molecular complexity index is 300. The van der Waals surface area contributed by atoms with E-state index in [4.69, 9.17) is 11.6 Å². The van der Waals surface area contributed by atoms with Gasteiger partial charge in [0.15, 0.2) is 0 Å². The molecule has 78 valence electrons. The first-order chi connectivity index (χ1) is 6.67. The van der Waals surface area contributed by atoms with E-state index >= 15 is 0 Å². The van der Waals surface area contributed by atoms with Crippen LogP contribution >= 0.6 is 27.5 Å². The van der Waals surface area contributed by atoms with Gasteiger partial charge in [0.05, 0.1) is 5.02 Å². The molecule has 0 amide bonds. The molecule has 0 bridgehead atoms. The van der Waals surface area contributed by atoms with Gasteiger partial charge in [0.2, 0.25) is 0 Å². The van der Waals surface area contributed by atoms with Gasteiger partial charge in [-0.1, -0.05) is 25.4 Å². The number of aromatic nitrogens is 1. The van der Waals surface area contributed by atoms with Gasteiger partial charge in [-0.25, -0.2) is 4.98 Å². The van der Waals surface area contributed by atoms with Crippen LogP contribution in [-0.2, 0) is 0 Å². The Kier molecular flexibility index (Phi) is 4.69. The molecule has 1 aromatic rings. The minimum absolute atomic E-state index is 0.446. The SMILES string of the molecule is CCC(CC)Nc1ncc(Br)cc1Cl. The first kappa shape index (κ1) is 11.8. The molecule has 0 aliphatic heterocycles. The number of pyridine rings is 1. The van der Waals surface area contributed by atoms with Crippen LogP contribution in [0.25, 0.3) is 0 Å². The summed E-state index contributed by atoms with van der Waals surface area (Å²) < 4.78 is 0.901. The molecule has 0 saturated heterocycles. The zero-order valence-electron chi connectivity index (χ0n) is 8.35. The Morgan fingerprint density at radius 2 is 2.14 bits per heavy atom. The summed E-state index contributed by atoms with van der Waals surface area (Å²) >= 11 is 9.35. The molecular formula is C10H14BrClN2. The number of nitrogens with one attached hydrogen (secondary N) is 1. The summed E-state index contributed by atoms with van der Waals surface area (Å²) in [5, 5.41) is 3.97. The predicted octanol–water partition coefficient (Wildman–Crippen LogP) is 4.10. The van der Waals surface area contributed by atoms with Gasteiger partial charge in [0.1, 0.15) is 5.82 Å². The third-order valence-electron chi connectivity index (χ3n) is 2.13. The molecule has 4 heteroatoms. The van der Waals surface area contributed by atoms with E-state index in [1.54, 1.807) is 6.20 Å². The molecule has 1 aromatic heterocycles. The van der Waals surface area contributed by atoms with Gasteiger partial charge in [-0.3, -0.25) is 0 Å². The summed E-state index contributed by atoms with van der Waals surface area (Å²) in [5.74, 6) is 0.767. The van der Waals surface area contributed by atoms with Crippen LogP contribution < -0.4 is 5.32 Å². The molecule has 14 heavy (non-hydrogen) atoms. The number of hydrogen-bond acceptors (Lipinski definition) is 2. The second-order valence-electron chi connectivity index (χ2n) is 3.14. The van der Waals surface area contributed by atoms with Crippen molar-refractivity contribution in [1.82, 2.24) is 4.98 Å². The van der Waals surface area contributed by atoms with Crippen molar-refractivity contribution in [2.75, 3.05) is 5.32 Å². The van der Waals surface area contributed by atoms with E-state index in [9.17, 15) is 0 Å². The van der Waals surface area contributed by atoms with E-state index in [1.807, 2.05) is 6.07 Å². The molecular weight excluding hydrogens is 263 g/mol. The maximum atomic E-state index is 6.03. The fourth-order valence-corrected chi connectivity index (χ4v) is 1.89. The van der Waals surface area contributed by atoms with Crippen molar-refractivity contribution < 1.29 is 0 Å². The molecule has 1 heterocycles. The van der Waals surface area contributed by atoms with Crippen molar-refractivity contribution >= 4 is 33.3 Å². The minimum atomic E-state index is 0.446. The minimum Gasteiger partial charge on any atom is -0.366 e. The lowest BCUT2D eigenvalue weighted by molar-refractivity contribution is 0.668. The molecule has 0 saturated carbocycles. The van der Waals surface area contributed by atoms with Crippen LogP contribution in [0.4, 0.5) is 5.82 Å². The average Bonchev–Trinajstić information content (AvgIpc) is 2.17. The van der Waals surface area contributed by atoms with Crippen LogP contribution in [0.15, 0.2) is 16.7 Å². The van der Waals surface area contributed by atoms with Crippen LogP contribution in [0.5, 0.6) is 0 Å². The third kappa shape index (κ3) is 3.14. The topological polar surface area (TPSA) is 24.9 Å². The summed E-state index contributed by atoms with van der Waals surface area (Å²) in [6, 6.07) is 2.29. The fraction of sp³-hybridized carbons (Fsp3) is 0.500. The number of anilines is 1. The van der Waals surface area contributed by atoms with Crippen LogP contribution in [0.3, 0.4) is 0 Å². The molecule has 1 N–H and O–H groups in total. The molecule has 0 fully saturated rings. The van der Waals surface area contributed by atoms with Crippen molar-refractivity contribution in [2.24, 2.45) is 0 Å². The van der Waals surface area contributed by atoms with Crippen LogP contribution in [0.1, 0.15) is 26.7 Å². The van der Waals surface area contributed by atoms with Gasteiger partial charge < -0.3 is 5.32 Å². The van der Waals surface area contributed by atoms with E-state index in [1.165, 1.54) is 0 Å². The summed E-state index contributed by atoms with van der Waals surface area (Å²) in [7, 11) is 0. The highest BCUT2D eigenvalue weighted by atomic mass is 79.9. The van der Waals surface area contributed by atoms with E-state index in [0.717, 1.165) is 23.1 Å². The lowest BCUT2D eigenvalue weighted by Crippen LogP contribution is -2.17. The standard InChI is InChI=1S/C10H14BrClN2/c1-3-8(4-2)14-10-9(12)5-7(11)6-13-10/h5-6,8H,3-4H2,1-2H3,(H,13,14). The van der Waals surface area contributed by atoms with Crippen molar-refractivity contribution in [3.63, 3.8) is 0 Å². The van der Waals surface area contributed by atoms with Gasteiger partial charge in [-0.15, -0.1) is 0 Å². The number of rotatable bonds is 4. The molecule has 0 unspecified atom stereocenters. The van der Waals surface area contributed by atoms with E-state index in [0.29, 0.717) is 11.1 Å². The highest BCUT2D eigenvalue weighted by molar-refractivity contribution is 9.10. The fourth-order valence-electron chi connectivity index (χ4n) is 1.21. The molecule has 1 rings (SSSR count). The Hall–Kier alpha value is -0.280. The second-order valence-corrected chi connectivity index (χ2v) is 4.46. The average molecular weight is 278 g/mol. The van der Waals surface area contributed by atoms with E-state index in [2.05, 4.69) is 40.1 Å². The lowest BCUT2D eigenvalue weighted by Gasteiger charge is -2.16. The molecule has 0 aromatic carbocycles. The summed E-state index contributed by atoms with van der Waals surface area (Å²) in [5.41, 5.74) is 0. The van der Waals surface area contributed by atoms with Gasteiger partial charge >= 0.3 is 0 Å². The summed E-state index contributed by atoms with van der Waals surface area (Å²) in [4.78, 5) is 4.22. The Balaban J connectivity index is 2.76. The monoisotopic (exact) mass is 276 g/mol. The zero-order valence-corrected chi connectivity index (χ0v) is 10.7. The normalized spacial score (nSPS) is 10.6. The van der Waals surface area contributed by atoms with E-state index in [-0.39, 0.29) is 0 Å². The molecule has 0 radical (unpaired) electrons. The van der Waals surface area contributed by atoms with Gasteiger partial charge in [-0.05, 0) is 34.8 Å². The maximum Gasteiger partial charge on any atom is 0.145 e. The van der Waals surface area contributed by atoms with Crippen molar-refractivity contribution in [2.45, 2.75) is 32.7 Å². The molecule has 0 aliphatic rings. The van der Waals surface area contributed by atoms with Gasteiger partial charge in [0.25, 0.3) is 0 Å². The first-order valence-electron chi connectivity index (χ1n) is 4.75. The molecule has 2 nitrogen and oxygen atoms in total. The van der Waals surface area contributed by atoms with Gasteiger partial charge in [-0.2, -0.15) is 0 Å². The number of halogens is 2. The Morgan fingerprint density at radius 1 is 1.50 bits per heavy atom. The van der Waals surface area contributed by atoms with Crippen molar-refractivity contribution in [3.8, 4) is 0 Å². The lowest BCUT2D eigenvalue weighted by atomic mass is 10.2. The first-order valence-corrected chi connectivity index (χ1v) is 5.92. The third-order valence-corrected chi connectivity index (χ3v) is 2.86. The zero-order chi connectivity index (χ0) is 10.6. The maximum absolute atomic E-state index is 6.03. The predicted molar refractivity (Wildman–Crippen MR) is 64.9 cm³/mol. The second kappa shape index (κ2) is 5.56. The Labute approximate surface area is 98.2 Å². The van der Waals surface area contributed by atoms with Gasteiger partial charge in [0, 0.05) is 16.7 Å². The number of hydrogen-bond donors (Lipinski definition) is 1. The quantitative estimate of drug-likeness (QED) is 0.896. The highest BCUT2D eigenvalue weighted by Crippen LogP contribution is 2.24. The summed E-state index contributed by atoms with van der Waals surface area (Å²) in [6.07, 6.45) is 3.89. The highest BCUT2D eigenvalue weighted by Gasteiger charge is 2.07. The van der Waals surface area contributed by atoms with Crippen LogP contribution in [0, 0.1) is 0 Å². The largest absolute Gasteiger partial charge is 0.366 e.